The summed E-state index contributed by atoms with van der Waals surface area (Å²) in [5.41, 5.74) is 1.29. The lowest BCUT2D eigenvalue weighted by atomic mass is 9.97. The van der Waals surface area contributed by atoms with Gasteiger partial charge in [0, 0.05) is 30.9 Å². The number of aliphatic hydroxyl groups excluding tert-OH is 1. The standard InChI is InChI=1S/C18H20N2O3S/c21-12-13-7-9-20(10-8-13)18(23)14-3-5-15(6-4-14)19-17(22)16-2-1-11-24-16/h1-6,11,13,21H,7-10,12H2,(H,19,22). The third-order valence-electron chi connectivity index (χ3n) is 4.29. The number of likely N-dealkylation sites (tertiary alicyclic amines) is 1. The second-order valence-electron chi connectivity index (χ2n) is 5.93. The summed E-state index contributed by atoms with van der Waals surface area (Å²) in [6.07, 6.45) is 1.69. The summed E-state index contributed by atoms with van der Waals surface area (Å²) in [7, 11) is 0. The van der Waals surface area contributed by atoms with Crippen molar-refractivity contribution in [2.45, 2.75) is 12.8 Å². The van der Waals surface area contributed by atoms with Crippen molar-refractivity contribution in [3.05, 3.63) is 52.2 Å². The maximum absolute atomic E-state index is 12.5. The highest BCUT2D eigenvalue weighted by molar-refractivity contribution is 7.12. The molecule has 24 heavy (non-hydrogen) atoms. The Morgan fingerprint density at radius 3 is 2.46 bits per heavy atom. The Hall–Kier alpha value is -2.18. The number of carbonyl (C=O) groups excluding carboxylic acids is 2. The van der Waals surface area contributed by atoms with Crippen LogP contribution in [0.15, 0.2) is 41.8 Å². The highest BCUT2D eigenvalue weighted by atomic mass is 32.1. The molecule has 0 saturated carbocycles. The van der Waals surface area contributed by atoms with E-state index in [0.29, 0.717) is 35.1 Å². The van der Waals surface area contributed by atoms with Gasteiger partial charge in [-0.3, -0.25) is 9.59 Å². The lowest BCUT2D eigenvalue weighted by Crippen LogP contribution is -2.39. The molecule has 0 aliphatic carbocycles. The summed E-state index contributed by atoms with van der Waals surface area (Å²) in [5.74, 6) is 0.168. The van der Waals surface area contributed by atoms with Crippen molar-refractivity contribution in [3.63, 3.8) is 0 Å². The fraction of sp³-hybridized carbons (Fsp3) is 0.333. The number of hydrogen-bond donors (Lipinski definition) is 2. The van der Waals surface area contributed by atoms with E-state index in [1.54, 1.807) is 30.3 Å². The van der Waals surface area contributed by atoms with Gasteiger partial charge in [0.25, 0.3) is 11.8 Å². The Kier molecular flexibility index (Phi) is 5.27. The molecule has 2 N–H and O–H groups in total. The number of thiophene rings is 1. The van der Waals surface area contributed by atoms with Gasteiger partial charge < -0.3 is 15.3 Å². The molecule has 6 heteroatoms. The van der Waals surface area contributed by atoms with Gasteiger partial charge in [0.1, 0.15) is 0 Å². The zero-order valence-corrected chi connectivity index (χ0v) is 14.1. The molecule has 2 heterocycles. The molecule has 0 unspecified atom stereocenters. The number of hydrogen-bond acceptors (Lipinski definition) is 4. The lowest BCUT2D eigenvalue weighted by Gasteiger charge is -2.31. The normalized spacial score (nSPS) is 15.3. The van der Waals surface area contributed by atoms with Gasteiger partial charge in [-0.2, -0.15) is 0 Å². The molecule has 1 aliphatic heterocycles. The molecular weight excluding hydrogens is 324 g/mol. The molecule has 0 radical (unpaired) electrons. The monoisotopic (exact) mass is 344 g/mol. The Morgan fingerprint density at radius 2 is 1.88 bits per heavy atom. The fourth-order valence-corrected chi connectivity index (χ4v) is 3.42. The number of benzene rings is 1. The van der Waals surface area contributed by atoms with Crippen LogP contribution < -0.4 is 5.32 Å². The van der Waals surface area contributed by atoms with Crippen LogP contribution in [0, 0.1) is 5.92 Å². The van der Waals surface area contributed by atoms with Crippen molar-refractivity contribution in [2.24, 2.45) is 5.92 Å². The van der Waals surface area contributed by atoms with Crippen LogP contribution in [0.5, 0.6) is 0 Å². The van der Waals surface area contributed by atoms with E-state index in [2.05, 4.69) is 5.32 Å². The van der Waals surface area contributed by atoms with Crippen LogP contribution in [-0.4, -0.2) is 41.5 Å². The number of carbonyl (C=O) groups is 2. The van der Waals surface area contributed by atoms with Crippen LogP contribution in [-0.2, 0) is 0 Å². The summed E-state index contributed by atoms with van der Waals surface area (Å²) >= 11 is 1.39. The molecule has 2 aromatic rings. The van der Waals surface area contributed by atoms with Gasteiger partial charge in [0.05, 0.1) is 4.88 Å². The maximum atomic E-state index is 12.5. The van der Waals surface area contributed by atoms with E-state index in [4.69, 9.17) is 5.11 Å². The SMILES string of the molecule is O=C(Nc1ccc(C(=O)N2CCC(CO)CC2)cc1)c1cccs1. The van der Waals surface area contributed by atoms with E-state index in [1.165, 1.54) is 11.3 Å². The first-order chi connectivity index (χ1) is 11.7. The summed E-state index contributed by atoms with van der Waals surface area (Å²) < 4.78 is 0. The fourth-order valence-electron chi connectivity index (χ4n) is 2.80. The van der Waals surface area contributed by atoms with Crippen molar-refractivity contribution in [3.8, 4) is 0 Å². The smallest absolute Gasteiger partial charge is 0.265 e. The van der Waals surface area contributed by atoms with Gasteiger partial charge in [-0.05, 0) is 54.5 Å². The predicted molar refractivity (Wildman–Crippen MR) is 94.4 cm³/mol. The minimum atomic E-state index is -0.143. The Balaban J connectivity index is 1.60. The van der Waals surface area contributed by atoms with Gasteiger partial charge >= 0.3 is 0 Å². The molecule has 1 aliphatic rings. The second-order valence-corrected chi connectivity index (χ2v) is 6.87. The Morgan fingerprint density at radius 1 is 1.17 bits per heavy atom. The van der Waals surface area contributed by atoms with Crippen LogP contribution in [0.4, 0.5) is 5.69 Å². The van der Waals surface area contributed by atoms with Crippen molar-refractivity contribution in [1.82, 2.24) is 4.90 Å². The van der Waals surface area contributed by atoms with Crippen molar-refractivity contribution in [2.75, 3.05) is 25.0 Å². The first kappa shape index (κ1) is 16.7. The molecule has 3 rings (SSSR count). The molecule has 1 fully saturated rings. The molecule has 126 valence electrons. The number of rotatable bonds is 4. The van der Waals surface area contributed by atoms with E-state index in [-0.39, 0.29) is 18.4 Å². The predicted octanol–water partition coefficient (Wildman–Crippen LogP) is 2.84. The van der Waals surface area contributed by atoms with E-state index in [9.17, 15) is 9.59 Å². The number of nitrogens with zero attached hydrogens (tertiary/aromatic N) is 1. The topological polar surface area (TPSA) is 69.6 Å². The second kappa shape index (κ2) is 7.59. The highest BCUT2D eigenvalue weighted by Crippen LogP contribution is 2.20. The molecule has 1 saturated heterocycles. The molecule has 1 aromatic carbocycles. The first-order valence-corrected chi connectivity index (χ1v) is 8.90. The third-order valence-corrected chi connectivity index (χ3v) is 5.16. The third kappa shape index (κ3) is 3.83. The number of amides is 2. The Bertz CT molecular complexity index is 690. The van der Waals surface area contributed by atoms with Crippen LogP contribution >= 0.6 is 11.3 Å². The zero-order valence-electron chi connectivity index (χ0n) is 13.3. The van der Waals surface area contributed by atoms with Crippen molar-refractivity contribution < 1.29 is 14.7 Å². The average Bonchev–Trinajstić information content (AvgIpc) is 3.17. The van der Waals surface area contributed by atoms with Crippen LogP contribution in [0.1, 0.15) is 32.9 Å². The van der Waals surface area contributed by atoms with Crippen molar-refractivity contribution in [1.29, 1.82) is 0 Å². The quantitative estimate of drug-likeness (QED) is 0.896. The molecule has 2 amide bonds. The average molecular weight is 344 g/mol. The number of nitrogens with one attached hydrogen (secondary N) is 1. The molecule has 0 atom stereocenters. The lowest BCUT2D eigenvalue weighted by molar-refractivity contribution is 0.0651. The van der Waals surface area contributed by atoms with Gasteiger partial charge in [0.2, 0.25) is 0 Å². The van der Waals surface area contributed by atoms with Crippen LogP contribution in [0.2, 0.25) is 0 Å². The van der Waals surface area contributed by atoms with E-state index in [0.717, 1.165) is 12.8 Å². The first-order valence-electron chi connectivity index (χ1n) is 8.02. The van der Waals surface area contributed by atoms with E-state index in [1.807, 2.05) is 16.3 Å². The van der Waals surface area contributed by atoms with Gasteiger partial charge in [-0.15, -0.1) is 11.3 Å². The summed E-state index contributed by atoms with van der Waals surface area (Å²) in [4.78, 5) is 27.0. The summed E-state index contributed by atoms with van der Waals surface area (Å²) in [6.45, 7) is 1.56. The van der Waals surface area contributed by atoms with Gasteiger partial charge in [-0.1, -0.05) is 6.07 Å². The minimum Gasteiger partial charge on any atom is -0.396 e. The van der Waals surface area contributed by atoms with Crippen LogP contribution in [0.3, 0.4) is 0 Å². The molecular formula is C18H20N2O3S. The van der Waals surface area contributed by atoms with Gasteiger partial charge in [0.15, 0.2) is 0 Å². The molecule has 0 bridgehead atoms. The number of anilines is 1. The van der Waals surface area contributed by atoms with E-state index < -0.39 is 0 Å². The Labute approximate surface area is 144 Å². The zero-order chi connectivity index (χ0) is 16.9. The largest absolute Gasteiger partial charge is 0.396 e. The number of piperidine rings is 1. The number of aliphatic hydroxyl groups is 1. The molecule has 0 spiro atoms. The van der Waals surface area contributed by atoms with Gasteiger partial charge in [-0.25, -0.2) is 0 Å². The summed E-state index contributed by atoms with van der Waals surface area (Å²) in [5, 5.41) is 13.8. The molecule has 5 nitrogen and oxygen atoms in total. The highest BCUT2D eigenvalue weighted by Gasteiger charge is 2.23. The van der Waals surface area contributed by atoms with E-state index >= 15 is 0 Å². The summed E-state index contributed by atoms with van der Waals surface area (Å²) in [6, 6.07) is 10.6. The minimum absolute atomic E-state index is 0.00234. The maximum Gasteiger partial charge on any atom is 0.265 e. The van der Waals surface area contributed by atoms with Crippen LogP contribution in [0.25, 0.3) is 0 Å². The van der Waals surface area contributed by atoms with Crippen molar-refractivity contribution >= 4 is 28.8 Å². The molecule has 1 aromatic heterocycles.